The molecule has 0 bridgehead atoms. The molecule has 0 atom stereocenters. The van der Waals surface area contributed by atoms with Crippen molar-refractivity contribution in [1.82, 2.24) is 9.97 Å². The Morgan fingerprint density at radius 3 is 3.18 bits per heavy atom. The van der Waals surface area contributed by atoms with Gasteiger partial charge in [-0.15, -0.1) is 0 Å². The lowest BCUT2D eigenvalue weighted by Gasteiger charge is -1.98. The summed E-state index contributed by atoms with van der Waals surface area (Å²) in [6, 6.07) is 0. The summed E-state index contributed by atoms with van der Waals surface area (Å²) in [5.41, 5.74) is 2.50. The largest absolute Gasteiger partial charge is 0.346 e. The van der Waals surface area contributed by atoms with E-state index in [0.29, 0.717) is 0 Å². The molecule has 1 aromatic heterocycles. The van der Waals surface area contributed by atoms with Crippen LogP contribution in [0.2, 0.25) is 0 Å². The molecule has 11 heavy (non-hydrogen) atoms. The molecule has 0 aromatic carbocycles. The van der Waals surface area contributed by atoms with Gasteiger partial charge in [0.2, 0.25) is 0 Å². The topological polar surface area (TPSA) is 28.7 Å². The van der Waals surface area contributed by atoms with E-state index in [1.54, 1.807) is 0 Å². The van der Waals surface area contributed by atoms with Gasteiger partial charge in [-0.1, -0.05) is 12.2 Å². The highest BCUT2D eigenvalue weighted by atomic mass is 32.2. The number of hydrogen-bond acceptors (Lipinski definition) is 3. The Bertz CT molecular complexity index is 343. The molecule has 1 aliphatic heterocycles. The minimum atomic E-state index is 0.779. The van der Waals surface area contributed by atoms with Gasteiger partial charge in [0.05, 0.1) is 0 Å². The summed E-state index contributed by atoms with van der Waals surface area (Å²) in [7, 11) is 0. The maximum Gasteiger partial charge on any atom is 0.134 e. The van der Waals surface area contributed by atoms with Crippen molar-refractivity contribution in [1.29, 1.82) is 0 Å². The van der Waals surface area contributed by atoms with E-state index in [0.717, 1.165) is 22.0 Å². The van der Waals surface area contributed by atoms with Crippen LogP contribution in [0.25, 0.3) is 0 Å². The van der Waals surface area contributed by atoms with Crippen LogP contribution in [0.3, 0.4) is 0 Å². The standard InChI is InChI=1S/C7H8N2S2/c1-4-8-6-3-11-2-5(6)7(10)9-4/h2-3H2,1H3,(H,8,9,10). The van der Waals surface area contributed by atoms with Gasteiger partial charge in [-0.25, -0.2) is 4.98 Å². The summed E-state index contributed by atoms with van der Waals surface area (Å²) in [6.45, 7) is 1.94. The maximum absolute atomic E-state index is 5.12. The zero-order valence-electron chi connectivity index (χ0n) is 6.18. The first-order valence-corrected chi connectivity index (χ1v) is 5.00. The number of aromatic nitrogens is 2. The maximum atomic E-state index is 5.12. The second-order valence-electron chi connectivity index (χ2n) is 2.58. The van der Waals surface area contributed by atoms with E-state index in [1.807, 2.05) is 18.7 Å². The number of fused-ring (bicyclic) bond motifs is 1. The van der Waals surface area contributed by atoms with Gasteiger partial charge in [0.1, 0.15) is 10.5 Å². The van der Waals surface area contributed by atoms with Crippen molar-refractivity contribution in [2.45, 2.75) is 18.4 Å². The van der Waals surface area contributed by atoms with Gasteiger partial charge < -0.3 is 4.98 Å². The van der Waals surface area contributed by atoms with Gasteiger partial charge in [0.15, 0.2) is 0 Å². The Kier molecular flexibility index (Phi) is 1.73. The van der Waals surface area contributed by atoms with E-state index in [4.69, 9.17) is 12.2 Å². The third-order valence-electron chi connectivity index (χ3n) is 1.72. The van der Waals surface area contributed by atoms with Crippen molar-refractivity contribution >= 4 is 24.0 Å². The van der Waals surface area contributed by atoms with Crippen molar-refractivity contribution in [3.8, 4) is 0 Å². The molecule has 4 heteroatoms. The van der Waals surface area contributed by atoms with E-state index in [2.05, 4.69) is 9.97 Å². The van der Waals surface area contributed by atoms with Gasteiger partial charge in [-0.2, -0.15) is 11.8 Å². The fourth-order valence-electron chi connectivity index (χ4n) is 1.20. The summed E-state index contributed by atoms with van der Waals surface area (Å²) >= 11 is 7.01. The summed E-state index contributed by atoms with van der Waals surface area (Å²) < 4.78 is 0.779. The number of nitrogens with one attached hydrogen (secondary N) is 1. The highest BCUT2D eigenvalue weighted by Gasteiger charge is 2.13. The molecule has 1 aliphatic rings. The molecule has 0 spiro atoms. The molecule has 2 heterocycles. The van der Waals surface area contributed by atoms with Crippen LogP contribution in [0, 0.1) is 11.6 Å². The molecule has 2 rings (SSSR count). The molecular formula is C7H8N2S2. The van der Waals surface area contributed by atoms with E-state index in [1.165, 1.54) is 11.3 Å². The first kappa shape index (κ1) is 7.31. The van der Waals surface area contributed by atoms with Crippen molar-refractivity contribution < 1.29 is 0 Å². The van der Waals surface area contributed by atoms with Gasteiger partial charge >= 0.3 is 0 Å². The highest BCUT2D eigenvalue weighted by molar-refractivity contribution is 7.98. The number of aromatic amines is 1. The molecule has 0 saturated carbocycles. The van der Waals surface area contributed by atoms with Gasteiger partial charge in [0.25, 0.3) is 0 Å². The van der Waals surface area contributed by atoms with Crippen LogP contribution >= 0.6 is 24.0 Å². The molecule has 0 aliphatic carbocycles. The van der Waals surface area contributed by atoms with Crippen LogP contribution in [0.5, 0.6) is 0 Å². The number of rotatable bonds is 0. The van der Waals surface area contributed by atoms with Crippen LogP contribution in [0.4, 0.5) is 0 Å². The summed E-state index contributed by atoms with van der Waals surface area (Å²) in [6.07, 6.45) is 0. The second kappa shape index (κ2) is 2.60. The van der Waals surface area contributed by atoms with Gasteiger partial charge in [0, 0.05) is 22.8 Å². The number of H-pyrrole nitrogens is 1. The van der Waals surface area contributed by atoms with E-state index >= 15 is 0 Å². The zero-order valence-corrected chi connectivity index (χ0v) is 7.81. The summed E-state index contributed by atoms with van der Waals surface area (Å²) in [5.74, 6) is 3.01. The second-order valence-corrected chi connectivity index (χ2v) is 3.95. The van der Waals surface area contributed by atoms with Crippen LogP contribution in [0.15, 0.2) is 0 Å². The molecule has 58 valence electrons. The Labute approximate surface area is 74.4 Å². The first-order chi connectivity index (χ1) is 5.27. The number of aryl methyl sites for hydroxylation is 1. The Morgan fingerprint density at radius 1 is 1.55 bits per heavy atom. The van der Waals surface area contributed by atoms with Crippen molar-refractivity contribution in [3.63, 3.8) is 0 Å². The van der Waals surface area contributed by atoms with Crippen LogP contribution in [0.1, 0.15) is 17.1 Å². The molecule has 2 nitrogen and oxygen atoms in total. The number of nitrogens with zero attached hydrogens (tertiary/aromatic N) is 1. The average Bonchev–Trinajstić information content (AvgIpc) is 2.34. The van der Waals surface area contributed by atoms with E-state index < -0.39 is 0 Å². The third kappa shape index (κ3) is 1.20. The van der Waals surface area contributed by atoms with E-state index in [9.17, 15) is 0 Å². The van der Waals surface area contributed by atoms with Crippen molar-refractivity contribution in [3.05, 3.63) is 21.7 Å². The zero-order chi connectivity index (χ0) is 7.84. The predicted molar refractivity (Wildman–Crippen MR) is 49.2 cm³/mol. The minimum absolute atomic E-state index is 0.779. The lowest BCUT2D eigenvalue weighted by atomic mass is 10.3. The third-order valence-corrected chi connectivity index (χ3v) is 3.04. The fraction of sp³-hybridized carbons (Fsp3) is 0.429. The summed E-state index contributed by atoms with van der Waals surface area (Å²) in [5, 5.41) is 0. The molecule has 0 saturated heterocycles. The lowest BCUT2D eigenvalue weighted by molar-refractivity contribution is 0.976. The monoisotopic (exact) mass is 184 g/mol. The van der Waals surface area contributed by atoms with Crippen LogP contribution in [-0.2, 0) is 11.5 Å². The van der Waals surface area contributed by atoms with Gasteiger partial charge in [-0.05, 0) is 6.92 Å². The molecule has 0 amide bonds. The predicted octanol–water partition coefficient (Wildman–Crippen LogP) is 2.19. The van der Waals surface area contributed by atoms with Crippen LogP contribution in [-0.4, -0.2) is 9.97 Å². The quantitative estimate of drug-likeness (QED) is 0.627. The molecule has 1 aromatic rings. The fourth-order valence-corrected chi connectivity index (χ4v) is 2.69. The number of hydrogen-bond donors (Lipinski definition) is 1. The molecule has 1 N–H and O–H groups in total. The minimum Gasteiger partial charge on any atom is -0.346 e. The number of thioether (sulfide) groups is 1. The summed E-state index contributed by atoms with van der Waals surface area (Å²) in [4.78, 5) is 7.42. The van der Waals surface area contributed by atoms with Crippen molar-refractivity contribution in [2.24, 2.45) is 0 Å². The molecule has 0 fully saturated rings. The average molecular weight is 184 g/mol. The Balaban J connectivity index is 2.70. The highest BCUT2D eigenvalue weighted by Crippen LogP contribution is 2.28. The van der Waals surface area contributed by atoms with E-state index in [-0.39, 0.29) is 0 Å². The molecule has 0 radical (unpaired) electrons. The van der Waals surface area contributed by atoms with Gasteiger partial charge in [-0.3, -0.25) is 0 Å². The molecular weight excluding hydrogens is 176 g/mol. The van der Waals surface area contributed by atoms with Crippen molar-refractivity contribution in [2.75, 3.05) is 0 Å². The lowest BCUT2D eigenvalue weighted by Crippen LogP contribution is -1.95. The SMILES string of the molecule is Cc1nc(=S)c2c([nH]1)CSC2. The Hall–Kier alpha value is -0.350. The normalized spacial score (nSPS) is 15.0. The Morgan fingerprint density at radius 2 is 2.36 bits per heavy atom. The molecule has 0 unspecified atom stereocenters. The van der Waals surface area contributed by atoms with Crippen LogP contribution < -0.4 is 0 Å². The first-order valence-electron chi connectivity index (χ1n) is 3.44. The smallest absolute Gasteiger partial charge is 0.134 e.